The van der Waals surface area contributed by atoms with Crippen LogP contribution in [-0.2, 0) is 6.54 Å². The number of hydrogen-bond donors (Lipinski definition) is 2. The van der Waals surface area contributed by atoms with Gasteiger partial charge in [0.15, 0.2) is 0 Å². The highest BCUT2D eigenvalue weighted by atomic mass is 14.9. The number of aromatic amines is 1. The molecule has 3 rings (SSSR count). The van der Waals surface area contributed by atoms with Gasteiger partial charge in [0, 0.05) is 24.3 Å². The summed E-state index contributed by atoms with van der Waals surface area (Å²) in [4.78, 5) is 7.42. The number of aryl methyl sites for hydroxylation is 1. The molecule has 0 saturated heterocycles. The van der Waals surface area contributed by atoms with E-state index < -0.39 is 0 Å². The molecule has 4 heteroatoms. The number of rotatable bonds is 3. The predicted molar refractivity (Wildman–Crippen MR) is 79.3 cm³/mol. The molecule has 0 amide bonds. The highest BCUT2D eigenvalue weighted by Crippen LogP contribution is 2.21. The lowest BCUT2D eigenvalue weighted by molar-refractivity contribution is 1.15. The molecule has 1 aromatic carbocycles. The van der Waals surface area contributed by atoms with Gasteiger partial charge < -0.3 is 10.3 Å². The Bertz CT molecular complexity index is 796. The fraction of sp³-hybridized carbons (Fsp3) is 0.125. The van der Waals surface area contributed by atoms with E-state index in [0.29, 0.717) is 12.1 Å². The molecule has 0 atom stereocenters. The molecule has 2 heterocycles. The Balaban J connectivity index is 1.87. The molecule has 3 aromatic rings. The number of pyridine rings is 1. The van der Waals surface area contributed by atoms with Gasteiger partial charge in [0.2, 0.25) is 0 Å². The van der Waals surface area contributed by atoms with E-state index in [0.717, 1.165) is 27.8 Å². The SMILES string of the molecule is Cc1cccc(NCc2c[nH]c3ncccc23)c1C#N. The summed E-state index contributed by atoms with van der Waals surface area (Å²) < 4.78 is 0. The maximum absolute atomic E-state index is 9.22. The fourth-order valence-electron chi connectivity index (χ4n) is 2.31. The van der Waals surface area contributed by atoms with Gasteiger partial charge >= 0.3 is 0 Å². The van der Waals surface area contributed by atoms with Gasteiger partial charge in [-0.1, -0.05) is 12.1 Å². The molecular formula is C16H14N4. The Hall–Kier alpha value is -2.80. The summed E-state index contributed by atoms with van der Waals surface area (Å²) in [6.45, 7) is 2.60. The minimum absolute atomic E-state index is 0.657. The van der Waals surface area contributed by atoms with Gasteiger partial charge in [0.05, 0.1) is 11.3 Å². The summed E-state index contributed by atoms with van der Waals surface area (Å²) in [6, 6.07) is 12.0. The summed E-state index contributed by atoms with van der Waals surface area (Å²) in [7, 11) is 0. The molecule has 0 aliphatic rings. The number of anilines is 1. The van der Waals surface area contributed by atoms with Crippen LogP contribution in [0, 0.1) is 18.3 Å². The van der Waals surface area contributed by atoms with Gasteiger partial charge in [-0.15, -0.1) is 0 Å². The Morgan fingerprint density at radius 1 is 1.30 bits per heavy atom. The normalized spacial score (nSPS) is 10.4. The zero-order chi connectivity index (χ0) is 13.9. The van der Waals surface area contributed by atoms with Gasteiger partial charge in [0.25, 0.3) is 0 Å². The van der Waals surface area contributed by atoms with Crippen molar-refractivity contribution in [2.24, 2.45) is 0 Å². The van der Waals surface area contributed by atoms with E-state index in [1.807, 2.05) is 43.5 Å². The van der Waals surface area contributed by atoms with Gasteiger partial charge in [0.1, 0.15) is 11.7 Å². The van der Waals surface area contributed by atoms with Crippen molar-refractivity contribution in [3.8, 4) is 6.07 Å². The largest absolute Gasteiger partial charge is 0.380 e. The first-order valence-electron chi connectivity index (χ1n) is 6.44. The average Bonchev–Trinajstić information content (AvgIpc) is 2.88. The van der Waals surface area contributed by atoms with Crippen LogP contribution in [-0.4, -0.2) is 9.97 Å². The second-order valence-electron chi connectivity index (χ2n) is 4.68. The van der Waals surface area contributed by atoms with Crippen molar-refractivity contribution in [2.75, 3.05) is 5.32 Å². The van der Waals surface area contributed by atoms with Crippen molar-refractivity contribution >= 4 is 16.7 Å². The van der Waals surface area contributed by atoms with E-state index >= 15 is 0 Å². The first-order valence-corrected chi connectivity index (χ1v) is 6.44. The predicted octanol–water partition coefficient (Wildman–Crippen LogP) is 3.36. The van der Waals surface area contributed by atoms with Crippen LogP contribution in [0.4, 0.5) is 5.69 Å². The number of hydrogen-bond acceptors (Lipinski definition) is 3. The van der Waals surface area contributed by atoms with Gasteiger partial charge in [-0.05, 0) is 36.2 Å². The number of aromatic nitrogens is 2. The van der Waals surface area contributed by atoms with Crippen LogP contribution in [0.15, 0.2) is 42.7 Å². The van der Waals surface area contributed by atoms with Crippen LogP contribution < -0.4 is 5.32 Å². The molecule has 0 spiro atoms. The third-order valence-electron chi connectivity index (χ3n) is 3.39. The van der Waals surface area contributed by atoms with Crippen molar-refractivity contribution in [3.05, 3.63) is 59.4 Å². The first kappa shape index (κ1) is 12.2. The molecule has 0 saturated carbocycles. The molecule has 0 unspecified atom stereocenters. The van der Waals surface area contributed by atoms with Crippen molar-refractivity contribution in [1.82, 2.24) is 9.97 Å². The monoisotopic (exact) mass is 262 g/mol. The molecule has 0 fully saturated rings. The number of H-pyrrole nitrogens is 1. The summed E-state index contributed by atoms with van der Waals surface area (Å²) in [5.74, 6) is 0. The van der Waals surface area contributed by atoms with Crippen molar-refractivity contribution in [3.63, 3.8) is 0 Å². The Morgan fingerprint density at radius 2 is 2.20 bits per heavy atom. The lowest BCUT2D eigenvalue weighted by atomic mass is 10.1. The van der Waals surface area contributed by atoms with Gasteiger partial charge in [-0.2, -0.15) is 5.26 Å². The standard InChI is InChI=1S/C16H14N4/c1-11-4-2-6-15(14(11)8-17)19-9-12-10-20-16-13(12)5-3-7-18-16/h2-7,10,19H,9H2,1H3,(H,18,20). The van der Waals surface area contributed by atoms with Crippen molar-refractivity contribution < 1.29 is 0 Å². The van der Waals surface area contributed by atoms with Crippen LogP contribution in [0.25, 0.3) is 11.0 Å². The van der Waals surface area contributed by atoms with Crippen LogP contribution in [0.1, 0.15) is 16.7 Å². The Kier molecular flexibility index (Phi) is 3.10. The molecule has 0 radical (unpaired) electrons. The quantitative estimate of drug-likeness (QED) is 0.760. The van der Waals surface area contributed by atoms with Crippen LogP contribution >= 0.6 is 0 Å². The summed E-state index contributed by atoms with van der Waals surface area (Å²) in [5.41, 5.74) is 4.57. The highest BCUT2D eigenvalue weighted by Gasteiger charge is 2.07. The average molecular weight is 262 g/mol. The molecule has 2 aromatic heterocycles. The molecule has 20 heavy (non-hydrogen) atoms. The molecule has 4 nitrogen and oxygen atoms in total. The van der Waals surface area contributed by atoms with Gasteiger partial charge in [-0.25, -0.2) is 4.98 Å². The lowest BCUT2D eigenvalue weighted by Crippen LogP contribution is -2.01. The minimum Gasteiger partial charge on any atom is -0.380 e. The van der Waals surface area contributed by atoms with E-state index in [1.165, 1.54) is 0 Å². The number of benzene rings is 1. The second-order valence-corrected chi connectivity index (χ2v) is 4.68. The van der Waals surface area contributed by atoms with Crippen molar-refractivity contribution in [2.45, 2.75) is 13.5 Å². The third kappa shape index (κ3) is 2.10. The van der Waals surface area contributed by atoms with E-state index in [1.54, 1.807) is 6.20 Å². The molecule has 0 aliphatic heterocycles. The van der Waals surface area contributed by atoms with Crippen molar-refractivity contribution in [1.29, 1.82) is 5.26 Å². The lowest BCUT2D eigenvalue weighted by Gasteiger charge is -2.09. The third-order valence-corrected chi connectivity index (χ3v) is 3.39. The van der Waals surface area contributed by atoms with Crippen LogP contribution in [0.2, 0.25) is 0 Å². The summed E-state index contributed by atoms with van der Waals surface area (Å²) >= 11 is 0. The summed E-state index contributed by atoms with van der Waals surface area (Å²) in [6.07, 6.45) is 3.72. The molecular weight excluding hydrogens is 248 g/mol. The minimum atomic E-state index is 0.657. The maximum Gasteiger partial charge on any atom is 0.137 e. The number of nitrogens with one attached hydrogen (secondary N) is 2. The van der Waals surface area contributed by atoms with Crippen LogP contribution in [0.3, 0.4) is 0 Å². The summed E-state index contributed by atoms with van der Waals surface area (Å²) in [5, 5.41) is 13.7. The zero-order valence-corrected chi connectivity index (χ0v) is 11.1. The van der Waals surface area contributed by atoms with E-state index in [9.17, 15) is 5.26 Å². The van der Waals surface area contributed by atoms with E-state index in [4.69, 9.17) is 0 Å². The fourth-order valence-corrected chi connectivity index (χ4v) is 2.31. The van der Waals surface area contributed by atoms with E-state index in [2.05, 4.69) is 21.4 Å². The molecule has 0 aliphatic carbocycles. The highest BCUT2D eigenvalue weighted by molar-refractivity contribution is 5.79. The van der Waals surface area contributed by atoms with E-state index in [-0.39, 0.29) is 0 Å². The maximum atomic E-state index is 9.22. The number of fused-ring (bicyclic) bond motifs is 1. The smallest absolute Gasteiger partial charge is 0.137 e. The van der Waals surface area contributed by atoms with Crippen LogP contribution in [0.5, 0.6) is 0 Å². The second kappa shape index (κ2) is 5.06. The Morgan fingerprint density at radius 3 is 3.05 bits per heavy atom. The van der Waals surface area contributed by atoms with Gasteiger partial charge in [-0.3, -0.25) is 0 Å². The zero-order valence-electron chi connectivity index (χ0n) is 11.1. The number of nitrogens with zero attached hydrogens (tertiary/aromatic N) is 2. The first-order chi connectivity index (χ1) is 9.79. The molecule has 98 valence electrons. The molecule has 0 bridgehead atoms. The Labute approximate surface area is 117 Å². The topological polar surface area (TPSA) is 64.5 Å². The molecule has 2 N–H and O–H groups in total. The number of nitriles is 1.